The van der Waals surface area contributed by atoms with Crippen LogP contribution >= 0.6 is 0 Å². The number of ether oxygens (including phenoxy) is 2. The van der Waals surface area contributed by atoms with Crippen LogP contribution in [0.25, 0.3) is 0 Å². The van der Waals surface area contributed by atoms with Gasteiger partial charge in [-0.2, -0.15) is 0 Å². The van der Waals surface area contributed by atoms with E-state index >= 15 is 0 Å². The van der Waals surface area contributed by atoms with Crippen molar-refractivity contribution in [3.63, 3.8) is 0 Å². The maximum Gasteiger partial charge on any atom is 0.306 e. The van der Waals surface area contributed by atoms with Crippen LogP contribution < -0.4 is 0 Å². The molecule has 0 saturated carbocycles. The molecule has 3 nitrogen and oxygen atoms in total. The zero-order chi connectivity index (χ0) is 12.8. The molecule has 0 N–H and O–H groups in total. The molecule has 0 unspecified atom stereocenters. The summed E-state index contributed by atoms with van der Waals surface area (Å²) >= 11 is 0. The lowest BCUT2D eigenvalue weighted by Crippen LogP contribution is -2.32. The van der Waals surface area contributed by atoms with E-state index in [2.05, 4.69) is 20.8 Å². The Bertz CT molecular complexity index is 219. The molecule has 0 fully saturated rings. The number of hydrogen-bond acceptors (Lipinski definition) is 3. The van der Waals surface area contributed by atoms with Gasteiger partial charge in [0, 0.05) is 12.8 Å². The van der Waals surface area contributed by atoms with Crippen molar-refractivity contribution in [3.05, 3.63) is 0 Å². The van der Waals surface area contributed by atoms with Crippen molar-refractivity contribution in [2.45, 2.75) is 72.0 Å². The highest BCUT2D eigenvalue weighted by atomic mass is 16.6. The van der Waals surface area contributed by atoms with E-state index in [0.717, 1.165) is 12.8 Å². The van der Waals surface area contributed by atoms with E-state index in [-0.39, 0.29) is 11.6 Å². The fourth-order valence-corrected chi connectivity index (χ4v) is 1.11. The molecule has 0 aliphatic rings. The molecule has 0 radical (unpaired) electrons. The third kappa shape index (κ3) is 6.83. The minimum atomic E-state index is -0.434. The summed E-state index contributed by atoms with van der Waals surface area (Å²) in [6.45, 7) is 12.5. The SMILES string of the molecule is CCC(=O)OC(C)(C)CCOC(C)(C)CC. The van der Waals surface area contributed by atoms with E-state index in [1.54, 1.807) is 6.92 Å². The van der Waals surface area contributed by atoms with Crippen LogP contribution in [-0.2, 0) is 14.3 Å². The van der Waals surface area contributed by atoms with Crippen LogP contribution in [0, 0.1) is 0 Å². The van der Waals surface area contributed by atoms with Gasteiger partial charge < -0.3 is 9.47 Å². The van der Waals surface area contributed by atoms with Gasteiger partial charge in [-0.05, 0) is 34.1 Å². The molecule has 0 spiro atoms. The molecule has 0 saturated heterocycles. The average Bonchev–Trinajstić information content (AvgIpc) is 2.16. The van der Waals surface area contributed by atoms with Gasteiger partial charge in [-0.3, -0.25) is 4.79 Å². The molecule has 0 amide bonds. The highest BCUT2D eigenvalue weighted by molar-refractivity contribution is 5.69. The second kappa shape index (κ2) is 6.24. The standard InChI is InChI=1S/C13H26O3/c1-7-11(14)16-13(5,6)9-10-15-12(3,4)8-2/h7-10H2,1-6H3. The van der Waals surface area contributed by atoms with Crippen molar-refractivity contribution < 1.29 is 14.3 Å². The highest BCUT2D eigenvalue weighted by Gasteiger charge is 2.23. The number of rotatable bonds is 7. The summed E-state index contributed by atoms with van der Waals surface area (Å²) in [6, 6.07) is 0. The van der Waals surface area contributed by atoms with Crippen molar-refractivity contribution in [3.8, 4) is 0 Å². The number of carbonyl (C=O) groups excluding carboxylic acids is 1. The third-order valence-electron chi connectivity index (χ3n) is 2.73. The largest absolute Gasteiger partial charge is 0.460 e. The molecule has 0 heterocycles. The Hall–Kier alpha value is -0.570. The Morgan fingerprint density at radius 3 is 2.06 bits per heavy atom. The van der Waals surface area contributed by atoms with Crippen LogP contribution in [0.1, 0.15) is 60.8 Å². The fraction of sp³-hybridized carbons (Fsp3) is 0.923. The summed E-state index contributed by atoms with van der Waals surface area (Å²) in [5, 5.41) is 0. The van der Waals surface area contributed by atoms with Crippen molar-refractivity contribution in [1.29, 1.82) is 0 Å². The molecule has 0 rings (SSSR count). The first kappa shape index (κ1) is 15.4. The molecular weight excluding hydrogens is 204 g/mol. The van der Waals surface area contributed by atoms with E-state index < -0.39 is 5.60 Å². The van der Waals surface area contributed by atoms with Gasteiger partial charge in [0.2, 0.25) is 0 Å². The zero-order valence-corrected chi connectivity index (χ0v) is 11.6. The van der Waals surface area contributed by atoms with Crippen molar-refractivity contribution in [2.75, 3.05) is 6.61 Å². The highest BCUT2D eigenvalue weighted by Crippen LogP contribution is 2.19. The zero-order valence-electron chi connectivity index (χ0n) is 11.6. The Balaban J connectivity index is 3.95. The Morgan fingerprint density at radius 1 is 1.06 bits per heavy atom. The molecule has 0 atom stereocenters. The van der Waals surface area contributed by atoms with E-state index in [1.165, 1.54) is 0 Å². The Labute approximate surface area is 99.5 Å². The topological polar surface area (TPSA) is 35.5 Å². The van der Waals surface area contributed by atoms with Crippen LogP contribution in [-0.4, -0.2) is 23.8 Å². The molecule has 96 valence electrons. The van der Waals surface area contributed by atoms with Crippen LogP contribution in [0.2, 0.25) is 0 Å². The summed E-state index contributed by atoms with van der Waals surface area (Å²) in [4.78, 5) is 11.2. The fourth-order valence-electron chi connectivity index (χ4n) is 1.11. The molecule has 16 heavy (non-hydrogen) atoms. The van der Waals surface area contributed by atoms with E-state index in [9.17, 15) is 4.79 Å². The summed E-state index contributed by atoms with van der Waals surface area (Å²) in [5.41, 5.74) is -0.526. The Morgan fingerprint density at radius 2 is 1.62 bits per heavy atom. The van der Waals surface area contributed by atoms with Gasteiger partial charge >= 0.3 is 5.97 Å². The van der Waals surface area contributed by atoms with E-state index in [4.69, 9.17) is 9.47 Å². The van der Waals surface area contributed by atoms with Crippen LogP contribution in [0.3, 0.4) is 0 Å². The first-order chi connectivity index (χ1) is 7.22. The number of hydrogen-bond donors (Lipinski definition) is 0. The average molecular weight is 230 g/mol. The smallest absolute Gasteiger partial charge is 0.306 e. The summed E-state index contributed by atoms with van der Waals surface area (Å²) in [6.07, 6.45) is 2.12. The summed E-state index contributed by atoms with van der Waals surface area (Å²) < 4.78 is 11.1. The van der Waals surface area contributed by atoms with E-state index in [1.807, 2.05) is 13.8 Å². The van der Waals surface area contributed by atoms with Gasteiger partial charge in [0.1, 0.15) is 5.60 Å². The molecule has 0 aromatic heterocycles. The van der Waals surface area contributed by atoms with Gasteiger partial charge in [0.15, 0.2) is 0 Å². The molecule has 0 aliphatic heterocycles. The van der Waals surface area contributed by atoms with E-state index in [0.29, 0.717) is 13.0 Å². The third-order valence-corrected chi connectivity index (χ3v) is 2.73. The maximum atomic E-state index is 11.2. The minimum absolute atomic E-state index is 0.0924. The minimum Gasteiger partial charge on any atom is -0.460 e. The number of carbonyl (C=O) groups is 1. The summed E-state index contributed by atoms with van der Waals surface area (Å²) in [7, 11) is 0. The second-order valence-corrected chi connectivity index (χ2v) is 5.30. The maximum absolute atomic E-state index is 11.2. The lowest BCUT2D eigenvalue weighted by molar-refractivity contribution is -0.158. The van der Waals surface area contributed by atoms with Gasteiger partial charge in [0.25, 0.3) is 0 Å². The van der Waals surface area contributed by atoms with Gasteiger partial charge in [-0.15, -0.1) is 0 Å². The quantitative estimate of drug-likeness (QED) is 0.629. The van der Waals surface area contributed by atoms with Crippen molar-refractivity contribution >= 4 is 5.97 Å². The van der Waals surface area contributed by atoms with Crippen molar-refractivity contribution in [2.24, 2.45) is 0 Å². The van der Waals surface area contributed by atoms with Gasteiger partial charge in [0.05, 0.1) is 12.2 Å². The Kier molecular flexibility index (Phi) is 6.01. The molecule has 0 aromatic carbocycles. The molecular formula is C13H26O3. The second-order valence-electron chi connectivity index (χ2n) is 5.30. The molecule has 0 aliphatic carbocycles. The van der Waals surface area contributed by atoms with Crippen molar-refractivity contribution in [1.82, 2.24) is 0 Å². The lowest BCUT2D eigenvalue weighted by atomic mass is 10.0. The molecule has 0 aromatic rings. The van der Waals surface area contributed by atoms with Gasteiger partial charge in [-0.1, -0.05) is 13.8 Å². The number of esters is 1. The predicted octanol–water partition coefficient (Wildman–Crippen LogP) is 3.31. The van der Waals surface area contributed by atoms with Crippen LogP contribution in [0.5, 0.6) is 0 Å². The van der Waals surface area contributed by atoms with Gasteiger partial charge in [-0.25, -0.2) is 0 Å². The first-order valence-electron chi connectivity index (χ1n) is 6.08. The first-order valence-corrected chi connectivity index (χ1v) is 6.08. The monoisotopic (exact) mass is 230 g/mol. The molecule has 3 heteroatoms. The summed E-state index contributed by atoms with van der Waals surface area (Å²) in [5.74, 6) is -0.153. The van der Waals surface area contributed by atoms with Crippen LogP contribution in [0.4, 0.5) is 0 Å². The van der Waals surface area contributed by atoms with Crippen LogP contribution in [0.15, 0.2) is 0 Å². The predicted molar refractivity (Wildman–Crippen MR) is 65.4 cm³/mol. The lowest BCUT2D eigenvalue weighted by Gasteiger charge is -2.28. The molecule has 0 bridgehead atoms. The normalized spacial score (nSPS) is 12.6.